The normalized spacial score (nSPS) is 17.7. The van der Waals surface area contributed by atoms with Crippen molar-refractivity contribution >= 4 is 11.6 Å². The molecule has 1 amide bonds. The first-order chi connectivity index (χ1) is 10.2. The maximum Gasteiger partial charge on any atom is 0.228 e. The van der Waals surface area contributed by atoms with Crippen LogP contribution in [0.3, 0.4) is 0 Å². The minimum absolute atomic E-state index is 0.0692. The summed E-state index contributed by atoms with van der Waals surface area (Å²) in [6, 6.07) is 14.4. The van der Waals surface area contributed by atoms with Gasteiger partial charge in [0.15, 0.2) is 0 Å². The van der Waals surface area contributed by atoms with Crippen LogP contribution in [0.25, 0.3) is 0 Å². The van der Waals surface area contributed by atoms with Crippen molar-refractivity contribution in [3.8, 4) is 0 Å². The predicted octanol–water partition coefficient (Wildman–Crippen LogP) is 3.02. The molecule has 1 unspecified atom stereocenters. The molecule has 4 heteroatoms. The molecule has 1 heterocycles. The summed E-state index contributed by atoms with van der Waals surface area (Å²) in [4.78, 5) is 13.7. The van der Waals surface area contributed by atoms with E-state index in [1.165, 1.54) is 6.07 Å². The molecular weight excluding hydrogens is 267 g/mol. The number of anilines is 1. The van der Waals surface area contributed by atoms with Gasteiger partial charge in [-0.15, -0.1) is 0 Å². The number of nitrogens with zero attached hydrogens (tertiary/aromatic N) is 1. The third-order valence-electron chi connectivity index (χ3n) is 3.92. The van der Waals surface area contributed by atoms with Crippen LogP contribution in [-0.2, 0) is 11.3 Å². The van der Waals surface area contributed by atoms with E-state index in [0.717, 1.165) is 11.3 Å². The third kappa shape index (κ3) is 2.67. The zero-order valence-electron chi connectivity index (χ0n) is 11.8. The topological polar surface area (TPSA) is 32.3 Å². The summed E-state index contributed by atoms with van der Waals surface area (Å²) in [5.41, 5.74) is 2.61. The van der Waals surface area contributed by atoms with Gasteiger partial charge in [-0.25, -0.2) is 4.39 Å². The smallest absolute Gasteiger partial charge is 0.228 e. The van der Waals surface area contributed by atoms with Crippen molar-refractivity contribution in [1.29, 1.82) is 0 Å². The standard InChI is InChI=1S/C17H17FN2O/c1-20-16-9-5-3-7-13(16)15(10-17(20)21)19-11-12-6-2-4-8-14(12)18/h2-9,15,19H,10-11H2,1H3. The lowest BCUT2D eigenvalue weighted by atomic mass is 9.96. The van der Waals surface area contributed by atoms with Gasteiger partial charge >= 0.3 is 0 Å². The molecule has 2 aromatic rings. The van der Waals surface area contributed by atoms with Crippen molar-refractivity contribution in [2.45, 2.75) is 19.0 Å². The van der Waals surface area contributed by atoms with Crippen LogP contribution in [0, 0.1) is 5.82 Å². The van der Waals surface area contributed by atoms with Gasteiger partial charge in [0.25, 0.3) is 0 Å². The third-order valence-corrected chi connectivity index (χ3v) is 3.92. The van der Waals surface area contributed by atoms with Crippen molar-refractivity contribution in [3.05, 3.63) is 65.5 Å². The molecule has 1 N–H and O–H groups in total. The van der Waals surface area contributed by atoms with E-state index in [1.807, 2.05) is 30.3 Å². The largest absolute Gasteiger partial charge is 0.315 e. The minimum Gasteiger partial charge on any atom is -0.315 e. The molecule has 108 valence electrons. The highest BCUT2D eigenvalue weighted by Gasteiger charge is 2.28. The number of carbonyl (C=O) groups is 1. The van der Waals surface area contributed by atoms with Crippen LogP contribution < -0.4 is 10.2 Å². The number of fused-ring (bicyclic) bond motifs is 1. The van der Waals surface area contributed by atoms with E-state index in [2.05, 4.69) is 5.32 Å². The van der Waals surface area contributed by atoms with E-state index >= 15 is 0 Å². The number of hydrogen-bond acceptors (Lipinski definition) is 2. The lowest BCUT2D eigenvalue weighted by Crippen LogP contribution is -2.37. The molecule has 0 bridgehead atoms. The Kier molecular flexibility index (Phi) is 3.71. The van der Waals surface area contributed by atoms with Crippen molar-refractivity contribution in [2.75, 3.05) is 11.9 Å². The molecule has 3 nitrogen and oxygen atoms in total. The fraction of sp³-hybridized carbons (Fsp3) is 0.235. The molecule has 0 saturated carbocycles. The quantitative estimate of drug-likeness (QED) is 0.939. The van der Waals surface area contributed by atoms with Crippen molar-refractivity contribution in [3.63, 3.8) is 0 Å². The molecule has 2 aromatic carbocycles. The Hall–Kier alpha value is -2.20. The summed E-state index contributed by atoms with van der Waals surface area (Å²) >= 11 is 0. The first kappa shape index (κ1) is 13.8. The van der Waals surface area contributed by atoms with Crippen LogP contribution in [0.4, 0.5) is 10.1 Å². The summed E-state index contributed by atoms with van der Waals surface area (Å²) in [6.45, 7) is 0.405. The zero-order chi connectivity index (χ0) is 14.8. The van der Waals surface area contributed by atoms with Crippen LogP contribution in [0.15, 0.2) is 48.5 Å². The van der Waals surface area contributed by atoms with Crippen molar-refractivity contribution in [1.82, 2.24) is 5.32 Å². The summed E-state index contributed by atoms with van der Waals surface area (Å²) in [5, 5.41) is 3.30. The lowest BCUT2D eigenvalue weighted by Gasteiger charge is -2.32. The number of para-hydroxylation sites is 1. The summed E-state index contributed by atoms with van der Waals surface area (Å²) in [5.74, 6) is -0.155. The molecule has 0 spiro atoms. The molecule has 21 heavy (non-hydrogen) atoms. The van der Waals surface area contributed by atoms with Gasteiger partial charge in [-0.3, -0.25) is 4.79 Å². The van der Waals surface area contributed by atoms with Gasteiger partial charge in [-0.05, 0) is 17.7 Å². The van der Waals surface area contributed by atoms with E-state index in [0.29, 0.717) is 18.5 Å². The number of hydrogen-bond donors (Lipinski definition) is 1. The van der Waals surface area contributed by atoms with E-state index in [-0.39, 0.29) is 17.8 Å². The number of halogens is 1. The number of nitrogens with one attached hydrogen (secondary N) is 1. The Morgan fingerprint density at radius 2 is 1.90 bits per heavy atom. The number of amides is 1. The number of rotatable bonds is 3. The molecule has 0 saturated heterocycles. The lowest BCUT2D eigenvalue weighted by molar-refractivity contribution is -0.119. The fourth-order valence-corrected chi connectivity index (χ4v) is 2.70. The van der Waals surface area contributed by atoms with Gasteiger partial charge in [0, 0.05) is 37.3 Å². The molecule has 3 rings (SSSR count). The summed E-state index contributed by atoms with van der Waals surface area (Å²) < 4.78 is 13.7. The second-order valence-electron chi connectivity index (χ2n) is 5.24. The highest BCUT2D eigenvalue weighted by Crippen LogP contribution is 2.33. The van der Waals surface area contributed by atoms with E-state index in [4.69, 9.17) is 0 Å². The molecule has 1 aliphatic heterocycles. The van der Waals surface area contributed by atoms with Crippen molar-refractivity contribution < 1.29 is 9.18 Å². The summed E-state index contributed by atoms with van der Waals surface area (Å²) in [6.07, 6.45) is 0.391. The average Bonchev–Trinajstić information content (AvgIpc) is 2.51. The van der Waals surface area contributed by atoms with E-state index < -0.39 is 0 Å². The zero-order valence-corrected chi connectivity index (χ0v) is 11.8. The van der Waals surface area contributed by atoms with Crippen LogP contribution >= 0.6 is 0 Å². The first-order valence-corrected chi connectivity index (χ1v) is 6.99. The minimum atomic E-state index is -0.225. The monoisotopic (exact) mass is 284 g/mol. The van der Waals surface area contributed by atoms with Crippen LogP contribution in [0.1, 0.15) is 23.6 Å². The van der Waals surface area contributed by atoms with Crippen LogP contribution in [-0.4, -0.2) is 13.0 Å². The maximum atomic E-state index is 13.7. The Bertz CT molecular complexity index is 671. The van der Waals surface area contributed by atoms with E-state index in [9.17, 15) is 9.18 Å². The first-order valence-electron chi connectivity index (χ1n) is 6.99. The molecular formula is C17H17FN2O. The van der Waals surface area contributed by atoms with Crippen LogP contribution in [0.5, 0.6) is 0 Å². The average molecular weight is 284 g/mol. The Morgan fingerprint density at radius 1 is 1.19 bits per heavy atom. The SMILES string of the molecule is CN1C(=O)CC(NCc2ccccc2F)c2ccccc21. The highest BCUT2D eigenvalue weighted by molar-refractivity contribution is 5.96. The molecule has 0 aromatic heterocycles. The predicted molar refractivity (Wildman–Crippen MR) is 80.4 cm³/mol. The molecule has 0 fully saturated rings. The van der Waals surface area contributed by atoms with Gasteiger partial charge < -0.3 is 10.2 Å². The fourth-order valence-electron chi connectivity index (χ4n) is 2.70. The van der Waals surface area contributed by atoms with Crippen LogP contribution in [0.2, 0.25) is 0 Å². The Labute approximate surface area is 123 Å². The Morgan fingerprint density at radius 3 is 2.71 bits per heavy atom. The molecule has 0 aliphatic carbocycles. The number of carbonyl (C=O) groups excluding carboxylic acids is 1. The molecule has 1 aliphatic rings. The number of benzene rings is 2. The maximum absolute atomic E-state index is 13.7. The van der Waals surface area contributed by atoms with E-state index in [1.54, 1.807) is 24.1 Å². The van der Waals surface area contributed by atoms with Gasteiger partial charge in [-0.2, -0.15) is 0 Å². The second kappa shape index (κ2) is 5.66. The summed E-state index contributed by atoms with van der Waals surface area (Å²) in [7, 11) is 1.79. The van der Waals surface area contributed by atoms with Gasteiger partial charge in [0.1, 0.15) is 5.82 Å². The highest BCUT2D eigenvalue weighted by atomic mass is 19.1. The van der Waals surface area contributed by atoms with Gasteiger partial charge in [0.05, 0.1) is 0 Å². The Balaban J connectivity index is 1.82. The van der Waals surface area contributed by atoms with Crippen molar-refractivity contribution in [2.24, 2.45) is 0 Å². The second-order valence-corrected chi connectivity index (χ2v) is 5.24. The molecule has 1 atom stereocenters. The van der Waals surface area contributed by atoms with Gasteiger partial charge in [-0.1, -0.05) is 36.4 Å². The van der Waals surface area contributed by atoms with Gasteiger partial charge in [0.2, 0.25) is 5.91 Å². The molecule has 0 radical (unpaired) electrons.